The lowest BCUT2D eigenvalue weighted by Gasteiger charge is -2.27. The zero-order chi connectivity index (χ0) is 24.6. The van der Waals surface area contributed by atoms with Crippen molar-refractivity contribution in [1.82, 2.24) is 24.8 Å². The number of hydrogen-bond donors (Lipinski definition) is 1. The average molecular weight is 504 g/mol. The fraction of sp³-hybridized carbons (Fsp3) is 0.160. The predicted octanol–water partition coefficient (Wildman–Crippen LogP) is 5.12. The zero-order valence-corrected chi connectivity index (χ0v) is 19.6. The van der Waals surface area contributed by atoms with Gasteiger partial charge in [0.05, 0.1) is 23.3 Å². The Morgan fingerprint density at radius 2 is 2.03 bits per heavy atom. The first-order valence-corrected chi connectivity index (χ1v) is 12.1. The van der Waals surface area contributed by atoms with Crippen LogP contribution in [0.15, 0.2) is 67.3 Å². The van der Waals surface area contributed by atoms with Crippen LogP contribution >= 0.6 is 11.3 Å². The van der Waals surface area contributed by atoms with E-state index in [1.807, 2.05) is 23.1 Å². The van der Waals surface area contributed by atoms with E-state index in [4.69, 9.17) is 0 Å². The van der Waals surface area contributed by atoms with E-state index in [0.29, 0.717) is 39.7 Å². The summed E-state index contributed by atoms with van der Waals surface area (Å²) >= 11 is 1.25. The van der Waals surface area contributed by atoms with Gasteiger partial charge in [-0.3, -0.25) is 15.1 Å². The van der Waals surface area contributed by atoms with E-state index in [-0.39, 0.29) is 11.9 Å². The Bertz CT molecular complexity index is 1570. The Morgan fingerprint density at radius 1 is 1.11 bits per heavy atom. The van der Waals surface area contributed by atoms with Crippen molar-refractivity contribution < 1.29 is 13.6 Å². The summed E-state index contributed by atoms with van der Waals surface area (Å²) in [6, 6.07) is 10.6. The number of rotatable bonds is 5. The maximum atomic E-state index is 14.5. The van der Waals surface area contributed by atoms with Gasteiger partial charge in [-0.15, -0.1) is 10.2 Å². The van der Waals surface area contributed by atoms with Crippen LogP contribution < -0.4 is 10.2 Å². The van der Waals surface area contributed by atoms with Gasteiger partial charge in [-0.1, -0.05) is 11.3 Å². The summed E-state index contributed by atoms with van der Waals surface area (Å²) in [5, 5.41) is 16.3. The van der Waals surface area contributed by atoms with Gasteiger partial charge in [0, 0.05) is 41.9 Å². The normalized spacial score (nSPS) is 15.5. The molecule has 1 N–H and O–H groups in total. The number of hydrogen-bond acceptors (Lipinski definition) is 7. The van der Waals surface area contributed by atoms with Gasteiger partial charge in [-0.25, -0.2) is 13.3 Å². The Morgan fingerprint density at radius 3 is 2.89 bits per heavy atom. The van der Waals surface area contributed by atoms with Crippen molar-refractivity contribution in [3.05, 3.63) is 90.0 Å². The number of anilines is 2. The third-order valence-electron chi connectivity index (χ3n) is 6.21. The van der Waals surface area contributed by atoms with Gasteiger partial charge in [-0.2, -0.15) is 5.10 Å². The molecule has 1 fully saturated rings. The zero-order valence-electron chi connectivity index (χ0n) is 18.8. The summed E-state index contributed by atoms with van der Waals surface area (Å²) in [5.74, 6) is -1.27. The van der Waals surface area contributed by atoms with E-state index in [0.717, 1.165) is 29.8 Å². The molecule has 11 heteroatoms. The van der Waals surface area contributed by atoms with E-state index in [9.17, 15) is 13.6 Å². The van der Waals surface area contributed by atoms with Crippen molar-refractivity contribution >= 4 is 33.6 Å². The van der Waals surface area contributed by atoms with Crippen LogP contribution in [0.5, 0.6) is 0 Å². The minimum absolute atomic E-state index is 0.296. The molecule has 0 unspecified atom stereocenters. The minimum atomic E-state index is -0.466. The second-order valence-electron chi connectivity index (χ2n) is 8.40. The quantitative estimate of drug-likeness (QED) is 0.358. The number of pyridine rings is 2. The van der Waals surface area contributed by atoms with Crippen LogP contribution in [0, 0.1) is 11.6 Å². The largest absolute Gasteiger partial charge is 0.364 e. The van der Waals surface area contributed by atoms with Crippen LogP contribution in [0.1, 0.15) is 34.8 Å². The van der Waals surface area contributed by atoms with E-state index >= 15 is 0 Å². The Kier molecular flexibility index (Phi) is 5.61. The minimum Gasteiger partial charge on any atom is -0.364 e. The molecule has 36 heavy (non-hydrogen) atoms. The molecule has 0 bridgehead atoms. The molecule has 1 aliphatic heterocycles. The van der Waals surface area contributed by atoms with Gasteiger partial charge in [-0.05, 0) is 55.3 Å². The van der Waals surface area contributed by atoms with Crippen LogP contribution in [0.3, 0.4) is 0 Å². The first-order chi connectivity index (χ1) is 17.6. The summed E-state index contributed by atoms with van der Waals surface area (Å²) in [5.41, 5.74) is 2.90. The highest BCUT2D eigenvalue weighted by atomic mass is 32.1. The standard InChI is InChI=1S/C25H19F2N7OS/c26-16-5-6-20(27)18(11-16)21-4-2-9-33(21)17-7-10-34-22(12-17)19(14-29-34)23(35)30-25-32-31-24(36-25)15-3-1-8-28-13-15/h1,3,5-8,10-14,21H,2,4,9H2,(H,30,32,35)/t21-/m1/s1. The summed E-state index contributed by atoms with van der Waals surface area (Å²) in [6.45, 7) is 0.689. The lowest BCUT2D eigenvalue weighted by atomic mass is 10.0. The first kappa shape index (κ1) is 22.2. The predicted molar refractivity (Wildman–Crippen MR) is 132 cm³/mol. The number of nitrogens with one attached hydrogen (secondary N) is 1. The molecule has 6 rings (SSSR count). The molecule has 4 aromatic heterocycles. The van der Waals surface area contributed by atoms with Crippen molar-refractivity contribution in [1.29, 1.82) is 0 Å². The summed E-state index contributed by atoms with van der Waals surface area (Å²) < 4.78 is 30.0. The number of benzene rings is 1. The molecule has 0 spiro atoms. The molecule has 1 saturated heterocycles. The average Bonchev–Trinajstić information content (AvgIpc) is 3.65. The molecule has 180 valence electrons. The number of amides is 1. The molecule has 0 radical (unpaired) electrons. The fourth-order valence-electron chi connectivity index (χ4n) is 4.54. The van der Waals surface area contributed by atoms with Gasteiger partial charge in [0.1, 0.15) is 11.6 Å². The Labute approximate surface area is 208 Å². The molecule has 1 amide bonds. The molecule has 0 saturated carbocycles. The fourth-order valence-corrected chi connectivity index (χ4v) is 5.27. The first-order valence-electron chi connectivity index (χ1n) is 11.3. The maximum absolute atomic E-state index is 14.5. The van der Waals surface area contributed by atoms with E-state index in [1.165, 1.54) is 23.6 Å². The highest BCUT2D eigenvalue weighted by molar-refractivity contribution is 7.18. The molecule has 1 aromatic carbocycles. The molecular weight excluding hydrogens is 484 g/mol. The third kappa shape index (κ3) is 4.07. The van der Waals surface area contributed by atoms with Crippen molar-refractivity contribution in [2.75, 3.05) is 16.8 Å². The summed E-state index contributed by atoms with van der Waals surface area (Å²) in [6.07, 6.45) is 8.14. The molecule has 1 aliphatic rings. The van der Waals surface area contributed by atoms with Crippen molar-refractivity contribution in [2.45, 2.75) is 18.9 Å². The number of nitrogens with zero attached hydrogens (tertiary/aromatic N) is 6. The van der Waals surface area contributed by atoms with Crippen molar-refractivity contribution in [3.8, 4) is 10.6 Å². The number of aromatic nitrogens is 5. The second-order valence-corrected chi connectivity index (χ2v) is 9.38. The van der Waals surface area contributed by atoms with E-state index in [2.05, 4.69) is 25.6 Å². The summed E-state index contributed by atoms with van der Waals surface area (Å²) in [7, 11) is 0. The number of carbonyl (C=O) groups is 1. The van der Waals surface area contributed by atoms with Gasteiger partial charge >= 0.3 is 0 Å². The van der Waals surface area contributed by atoms with Crippen LogP contribution in [-0.4, -0.2) is 37.2 Å². The monoisotopic (exact) mass is 503 g/mol. The van der Waals surface area contributed by atoms with Crippen molar-refractivity contribution in [3.63, 3.8) is 0 Å². The number of carbonyl (C=O) groups excluding carboxylic acids is 1. The van der Waals surface area contributed by atoms with E-state index in [1.54, 1.807) is 29.2 Å². The SMILES string of the molecule is O=C(Nc1nnc(-c2cccnc2)s1)c1cnn2ccc(N3CCC[C@@H]3c3cc(F)ccc3F)cc12. The van der Waals surface area contributed by atoms with Gasteiger partial charge in [0.25, 0.3) is 5.91 Å². The lowest BCUT2D eigenvalue weighted by molar-refractivity contribution is 0.102. The molecule has 1 atom stereocenters. The number of fused-ring (bicyclic) bond motifs is 1. The van der Waals surface area contributed by atoms with Crippen LogP contribution in [-0.2, 0) is 0 Å². The lowest BCUT2D eigenvalue weighted by Crippen LogP contribution is -2.23. The Hall–Kier alpha value is -4.25. The molecular formula is C25H19F2N7OS. The topological polar surface area (TPSA) is 88.3 Å². The molecule has 5 heterocycles. The molecule has 8 nitrogen and oxygen atoms in total. The van der Waals surface area contributed by atoms with Gasteiger partial charge in [0.15, 0.2) is 5.01 Å². The van der Waals surface area contributed by atoms with Gasteiger partial charge in [0.2, 0.25) is 5.13 Å². The van der Waals surface area contributed by atoms with Crippen LogP contribution in [0.25, 0.3) is 16.1 Å². The number of halogens is 2. The summed E-state index contributed by atoms with van der Waals surface area (Å²) in [4.78, 5) is 19.2. The Balaban J connectivity index is 1.28. The maximum Gasteiger partial charge on any atom is 0.261 e. The highest BCUT2D eigenvalue weighted by Gasteiger charge is 2.29. The molecule has 5 aromatic rings. The van der Waals surface area contributed by atoms with E-state index < -0.39 is 11.6 Å². The van der Waals surface area contributed by atoms with Gasteiger partial charge < -0.3 is 4.90 Å². The van der Waals surface area contributed by atoms with Crippen LogP contribution in [0.4, 0.5) is 19.6 Å². The smallest absolute Gasteiger partial charge is 0.261 e. The molecule has 0 aliphatic carbocycles. The van der Waals surface area contributed by atoms with Crippen LogP contribution in [0.2, 0.25) is 0 Å². The second kappa shape index (κ2) is 9.08. The third-order valence-corrected chi connectivity index (χ3v) is 7.09. The van der Waals surface area contributed by atoms with Crippen molar-refractivity contribution in [2.24, 2.45) is 0 Å². The highest BCUT2D eigenvalue weighted by Crippen LogP contribution is 2.38.